The van der Waals surface area contributed by atoms with Crippen LogP contribution in [-0.2, 0) is 6.18 Å². The fourth-order valence-electron chi connectivity index (χ4n) is 3.55. The number of fused-ring (bicyclic) bond motifs is 1. The normalized spacial score (nSPS) is 11.5. The number of rotatable bonds is 5. The summed E-state index contributed by atoms with van der Waals surface area (Å²) in [6.07, 6.45) is -4.78. The van der Waals surface area contributed by atoms with Gasteiger partial charge in [-0.15, -0.1) is 0 Å². The molecule has 0 saturated heterocycles. The zero-order chi connectivity index (χ0) is 23.8. The molecule has 7 nitrogen and oxygen atoms in total. The Labute approximate surface area is 185 Å². The zero-order valence-electron chi connectivity index (χ0n) is 17.7. The van der Waals surface area contributed by atoms with E-state index in [1.807, 2.05) is 6.92 Å². The number of hydrogen-bond donors (Lipinski definition) is 2. The van der Waals surface area contributed by atoms with Crippen molar-refractivity contribution < 1.29 is 22.7 Å². The Morgan fingerprint density at radius 2 is 1.88 bits per heavy atom. The molecule has 0 spiro atoms. The first-order chi connectivity index (χ1) is 15.7. The number of anilines is 1. The third kappa shape index (κ3) is 4.19. The molecule has 0 atom stereocenters. The highest BCUT2D eigenvalue weighted by Crippen LogP contribution is 2.38. The number of ether oxygens (including phenoxy) is 1. The second-order valence-electron chi connectivity index (χ2n) is 7.18. The van der Waals surface area contributed by atoms with Gasteiger partial charge in [-0.25, -0.2) is 4.98 Å². The standard InChI is InChI=1S/C23H19F3N4O3/c1-3-33-16-11-7-10-15(12-16)28-21(31)17-13(2)27-20-18(14-8-5-4-6-9-14)19(23(24,25)26)29-30(20)22(17)32/h4-12,29H,3H2,1-2H3,(H,28,31). The molecule has 170 valence electrons. The average Bonchev–Trinajstić information content (AvgIpc) is 3.15. The van der Waals surface area contributed by atoms with Crippen LogP contribution < -0.4 is 15.6 Å². The van der Waals surface area contributed by atoms with E-state index in [-0.39, 0.29) is 28.0 Å². The molecule has 4 rings (SSSR count). The van der Waals surface area contributed by atoms with Crippen LogP contribution in [0.3, 0.4) is 0 Å². The molecule has 0 saturated carbocycles. The van der Waals surface area contributed by atoms with Gasteiger partial charge in [-0.1, -0.05) is 36.4 Å². The number of carbonyl (C=O) groups is 1. The molecule has 0 aliphatic rings. The quantitative estimate of drug-likeness (QED) is 0.457. The molecule has 2 heterocycles. The number of nitrogens with one attached hydrogen (secondary N) is 2. The number of aromatic nitrogens is 3. The summed E-state index contributed by atoms with van der Waals surface area (Å²) >= 11 is 0. The molecule has 2 aromatic heterocycles. The van der Waals surface area contributed by atoms with Gasteiger partial charge in [0, 0.05) is 11.8 Å². The maximum absolute atomic E-state index is 13.8. The number of hydrogen-bond acceptors (Lipinski definition) is 4. The minimum absolute atomic E-state index is 0.00312. The Morgan fingerprint density at radius 3 is 2.55 bits per heavy atom. The Kier molecular flexibility index (Phi) is 5.67. The third-order valence-corrected chi connectivity index (χ3v) is 4.94. The lowest BCUT2D eigenvalue weighted by Crippen LogP contribution is -2.29. The predicted molar refractivity (Wildman–Crippen MR) is 117 cm³/mol. The molecular formula is C23H19F3N4O3. The van der Waals surface area contributed by atoms with Crippen molar-refractivity contribution in [2.45, 2.75) is 20.0 Å². The van der Waals surface area contributed by atoms with Crippen LogP contribution in [0.25, 0.3) is 16.8 Å². The molecule has 0 fully saturated rings. The Hall–Kier alpha value is -4.08. The number of H-pyrrole nitrogens is 1. The number of benzene rings is 2. The van der Waals surface area contributed by atoms with Crippen molar-refractivity contribution >= 4 is 17.2 Å². The van der Waals surface area contributed by atoms with Gasteiger partial charge in [-0.05, 0) is 31.5 Å². The number of alkyl halides is 3. The van der Waals surface area contributed by atoms with E-state index in [4.69, 9.17) is 4.74 Å². The monoisotopic (exact) mass is 456 g/mol. The van der Waals surface area contributed by atoms with Crippen LogP contribution in [0.2, 0.25) is 0 Å². The lowest BCUT2D eigenvalue weighted by Gasteiger charge is -2.09. The van der Waals surface area contributed by atoms with Crippen molar-refractivity contribution in [1.29, 1.82) is 0 Å². The Bertz CT molecular complexity index is 1390. The van der Waals surface area contributed by atoms with Crippen molar-refractivity contribution in [3.63, 3.8) is 0 Å². The highest BCUT2D eigenvalue weighted by atomic mass is 19.4. The van der Waals surface area contributed by atoms with Crippen molar-refractivity contribution in [1.82, 2.24) is 14.6 Å². The van der Waals surface area contributed by atoms with Crippen molar-refractivity contribution in [2.75, 3.05) is 11.9 Å². The Balaban J connectivity index is 1.84. The topological polar surface area (TPSA) is 88.5 Å². The molecule has 33 heavy (non-hydrogen) atoms. The minimum atomic E-state index is -4.78. The highest BCUT2D eigenvalue weighted by Gasteiger charge is 2.38. The second-order valence-corrected chi connectivity index (χ2v) is 7.18. The summed E-state index contributed by atoms with van der Waals surface area (Å²) in [7, 11) is 0. The number of amides is 1. The number of aryl methyl sites for hydroxylation is 1. The lowest BCUT2D eigenvalue weighted by molar-refractivity contribution is -0.140. The van der Waals surface area contributed by atoms with Gasteiger partial charge >= 0.3 is 6.18 Å². The largest absolute Gasteiger partial charge is 0.494 e. The molecule has 1 amide bonds. The summed E-state index contributed by atoms with van der Waals surface area (Å²) < 4.78 is 47.4. The average molecular weight is 456 g/mol. The number of aromatic amines is 1. The van der Waals surface area contributed by atoms with Crippen LogP contribution in [0.15, 0.2) is 59.4 Å². The fraction of sp³-hybridized carbons (Fsp3) is 0.174. The van der Waals surface area contributed by atoms with Gasteiger partial charge < -0.3 is 10.1 Å². The predicted octanol–water partition coefficient (Wildman–Crippen LogP) is 4.67. The highest BCUT2D eigenvalue weighted by molar-refractivity contribution is 6.05. The second kappa shape index (κ2) is 8.45. The van der Waals surface area contributed by atoms with E-state index in [2.05, 4.69) is 15.4 Å². The van der Waals surface area contributed by atoms with E-state index in [0.717, 1.165) is 0 Å². The van der Waals surface area contributed by atoms with Crippen molar-refractivity contribution in [3.05, 3.63) is 81.9 Å². The van der Waals surface area contributed by atoms with Crippen LogP contribution in [0.1, 0.15) is 28.7 Å². The smallest absolute Gasteiger partial charge is 0.433 e. The van der Waals surface area contributed by atoms with E-state index >= 15 is 0 Å². The molecular weight excluding hydrogens is 437 g/mol. The maximum atomic E-state index is 13.8. The van der Waals surface area contributed by atoms with Crippen molar-refractivity contribution in [2.24, 2.45) is 0 Å². The van der Waals surface area contributed by atoms with Gasteiger partial charge in [0.25, 0.3) is 11.5 Å². The first kappa shape index (κ1) is 22.1. The SMILES string of the molecule is CCOc1cccc(NC(=O)c2c(C)nc3c(-c4ccccc4)c(C(F)(F)F)[nH]n3c2=O)c1. The van der Waals surface area contributed by atoms with E-state index in [0.29, 0.717) is 22.6 Å². The molecule has 0 bridgehead atoms. The van der Waals surface area contributed by atoms with Gasteiger partial charge in [0.05, 0.1) is 17.9 Å². The van der Waals surface area contributed by atoms with Crippen LogP contribution in [0, 0.1) is 6.92 Å². The van der Waals surface area contributed by atoms with Crippen LogP contribution in [0.4, 0.5) is 18.9 Å². The molecule has 4 aromatic rings. The minimum Gasteiger partial charge on any atom is -0.494 e. The van der Waals surface area contributed by atoms with Gasteiger partial charge in [0.15, 0.2) is 5.65 Å². The summed E-state index contributed by atoms with van der Waals surface area (Å²) in [6.45, 7) is 3.64. The summed E-state index contributed by atoms with van der Waals surface area (Å²) in [6, 6.07) is 14.4. The first-order valence-electron chi connectivity index (χ1n) is 10.0. The fourth-order valence-corrected chi connectivity index (χ4v) is 3.55. The maximum Gasteiger partial charge on any atom is 0.433 e. The van der Waals surface area contributed by atoms with E-state index in [1.54, 1.807) is 42.5 Å². The van der Waals surface area contributed by atoms with Crippen LogP contribution in [0.5, 0.6) is 5.75 Å². The summed E-state index contributed by atoms with van der Waals surface area (Å²) in [5.41, 5.74) is -2.32. The van der Waals surface area contributed by atoms with Crippen LogP contribution >= 0.6 is 0 Å². The molecule has 0 aliphatic carbocycles. The van der Waals surface area contributed by atoms with Gasteiger partial charge in [-0.3, -0.25) is 14.7 Å². The summed E-state index contributed by atoms with van der Waals surface area (Å²) in [5.74, 6) is -0.276. The third-order valence-electron chi connectivity index (χ3n) is 4.94. The Morgan fingerprint density at radius 1 is 1.15 bits per heavy atom. The lowest BCUT2D eigenvalue weighted by atomic mass is 10.1. The van der Waals surface area contributed by atoms with Gasteiger partial charge in [0.1, 0.15) is 17.0 Å². The van der Waals surface area contributed by atoms with Gasteiger partial charge in [-0.2, -0.15) is 17.7 Å². The van der Waals surface area contributed by atoms with E-state index in [1.165, 1.54) is 19.1 Å². The molecule has 0 radical (unpaired) electrons. The van der Waals surface area contributed by atoms with E-state index in [9.17, 15) is 22.8 Å². The molecule has 2 N–H and O–H groups in total. The molecule has 10 heteroatoms. The van der Waals surface area contributed by atoms with Crippen molar-refractivity contribution in [3.8, 4) is 16.9 Å². The van der Waals surface area contributed by atoms with E-state index < -0.39 is 23.3 Å². The first-order valence-corrected chi connectivity index (χ1v) is 10.0. The van der Waals surface area contributed by atoms with Crippen LogP contribution in [-0.4, -0.2) is 27.1 Å². The molecule has 0 unspecified atom stereocenters. The number of halogens is 3. The number of nitrogens with zero attached hydrogens (tertiary/aromatic N) is 2. The molecule has 2 aromatic carbocycles. The summed E-state index contributed by atoms with van der Waals surface area (Å²) in [4.78, 5) is 30.2. The summed E-state index contributed by atoms with van der Waals surface area (Å²) in [5, 5.41) is 4.68. The molecule has 0 aliphatic heterocycles. The van der Waals surface area contributed by atoms with Gasteiger partial charge in [0.2, 0.25) is 0 Å². The number of carbonyl (C=O) groups excluding carboxylic acids is 1. The zero-order valence-corrected chi connectivity index (χ0v) is 17.7.